The highest BCUT2D eigenvalue weighted by molar-refractivity contribution is 4.82. The lowest BCUT2D eigenvalue weighted by molar-refractivity contribution is 0.138. The number of likely N-dealkylation sites (N-methyl/N-ethyl adjacent to an activating group) is 1. The molecule has 1 aliphatic rings. The van der Waals surface area contributed by atoms with Crippen LogP contribution < -0.4 is 5.73 Å². The Morgan fingerprint density at radius 2 is 2.21 bits per heavy atom. The molecule has 2 N–H and O–H groups in total. The maximum absolute atomic E-state index is 6.05. The minimum atomic E-state index is 0.437. The number of hydrogen-bond donors (Lipinski definition) is 1. The summed E-state index contributed by atoms with van der Waals surface area (Å²) in [7, 11) is 1.76. The average Bonchev–Trinajstić information content (AvgIpc) is 2.59. The molecule has 1 fully saturated rings. The Balaban J connectivity index is 2.24. The Morgan fingerprint density at radius 1 is 1.43 bits per heavy atom. The molecule has 0 radical (unpaired) electrons. The van der Waals surface area contributed by atoms with E-state index < -0.39 is 0 Å². The highest BCUT2D eigenvalue weighted by Gasteiger charge is 2.25. The molecule has 1 aliphatic carbocycles. The number of ether oxygens (including phenoxy) is 1. The SMILES string of the molecule is CCN(CCOC)CC1CCCC1N. The van der Waals surface area contributed by atoms with Gasteiger partial charge in [0.05, 0.1) is 6.61 Å². The van der Waals surface area contributed by atoms with Crippen LogP contribution in [0.5, 0.6) is 0 Å². The van der Waals surface area contributed by atoms with Crippen LogP contribution in [0.2, 0.25) is 0 Å². The third-order valence-corrected chi connectivity index (χ3v) is 3.27. The normalized spacial score (nSPS) is 27.4. The predicted octanol–water partition coefficient (Wildman–Crippen LogP) is 1.08. The van der Waals surface area contributed by atoms with E-state index in [4.69, 9.17) is 10.5 Å². The van der Waals surface area contributed by atoms with Crippen molar-refractivity contribution in [2.24, 2.45) is 11.7 Å². The van der Waals surface area contributed by atoms with Gasteiger partial charge in [0.15, 0.2) is 0 Å². The minimum absolute atomic E-state index is 0.437. The van der Waals surface area contributed by atoms with Crippen molar-refractivity contribution >= 4 is 0 Å². The van der Waals surface area contributed by atoms with Gasteiger partial charge in [0, 0.05) is 26.2 Å². The molecule has 1 rings (SSSR count). The van der Waals surface area contributed by atoms with Crippen molar-refractivity contribution < 1.29 is 4.74 Å². The van der Waals surface area contributed by atoms with Crippen molar-refractivity contribution in [2.45, 2.75) is 32.2 Å². The van der Waals surface area contributed by atoms with E-state index in [1.807, 2.05) is 0 Å². The standard InChI is InChI=1S/C11H24N2O/c1-3-13(7-8-14-2)9-10-5-4-6-11(10)12/h10-11H,3-9,12H2,1-2H3. The van der Waals surface area contributed by atoms with Crippen LogP contribution in [0.1, 0.15) is 26.2 Å². The second-order valence-electron chi connectivity index (χ2n) is 4.24. The molecule has 0 aromatic rings. The maximum atomic E-state index is 6.05. The molecule has 0 amide bonds. The van der Waals surface area contributed by atoms with Gasteiger partial charge in [-0.25, -0.2) is 0 Å². The van der Waals surface area contributed by atoms with Crippen molar-refractivity contribution in [3.8, 4) is 0 Å². The third kappa shape index (κ3) is 3.56. The summed E-state index contributed by atoms with van der Waals surface area (Å²) in [6, 6.07) is 0.437. The van der Waals surface area contributed by atoms with Crippen LogP contribution in [0.15, 0.2) is 0 Å². The monoisotopic (exact) mass is 200 g/mol. The molecule has 3 heteroatoms. The molecule has 0 heterocycles. The van der Waals surface area contributed by atoms with Crippen molar-refractivity contribution in [3.63, 3.8) is 0 Å². The number of methoxy groups -OCH3 is 1. The molecule has 0 bridgehead atoms. The molecule has 2 unspecified atom stereocenters. The lowest BCUT2D eigenvalue weighted by Crippen LogP contribution is -2.37. The van der Waals surface area contributed by atoms with E-state index in [-0.39, 0.29) is 0 Å². The summed E-state index contributed by atoms with van der Waals surface area (Å²) in [6.07, 6.45) is 3.84. The molecule has 2 atom stereocenters. The first kappa shape index (κ1) is 12.0. The second-order valence-corrected chi connectivity index (χ2v) is 4.24. The zero-order valence-electron chi connectivity index (χ0n) is 9.54. The van der Waals surface area contributed by atoms with Gasteiger partial charge in [0.1, 0.15) is 0 Å². The van der Waals surface area contributed by atoms with E-state index >= 15 is 0 Å². The lowest BCUT2D eigenvalue weighted by Gasteiger charge is -2.25. The second kappa shape index (κ2) is 6.38. The van der Waals surface area contributed by atoms with E-state index in [0.717, 1.165) is 26.2 Å². The van der Waals surface area contributed by atoms with Gasteiger partial charge >= 0.3 is 0 Å². The first-order valence-electron chi connectivity index (χ1n) is 5.74. The van der Waals surface area contributed by atoms with Crippen LogP contribution in [0.3, 0.4) is 0 Å². The van der Waals surface area contributed by atoms with Crippen LogP contribution in [0.25, 0.3) is 0 Å². The highest BCUT2D eigenvalue weighted by atomic mass is 16.5. The van der Waals surface area contributed by atoms with Gasteiger partial charge in [-0.1, -0.05) is 13.3 Å². The van der Waals surface area contributed by atoms with Crippen LogP contribution in [-0.2, 0) is 4.74 Å². The Bertz CT molecular complexity index is 152. The van der Waals surface area contributed by atoms with E-state index in [1.165, 1.54) is 19.3 Å². The van der Waals surface area contributed by atoms with Crippen molar-refractivity contribution in [2.75, 3.05) is 33.4 Å². The fraction of sp³-hybridized carbons (Fsp3) is 1.00. The van der Waals surface area contributed by atoms with Gasteiger partial charge in [-0.15, -0.1) is 0 Å². The highest BCUT2D eigenvalue weighted by Crippen LogP contribution is 2.24. The Labute approximate surface area is 87.6 Å². The molecule has 0 saturated heterocycles. The summed E-state index contributed by atoms with van der Waals surface area (Å²) in [5.41, 5.74) is 6.05. The van der Waals surface area contributed by atoms with E-state index in [0.29, 0.717) is 12.0 Å². The summed E-state index contributed by atoms with van der Waals surface area (Å²) in [5.74, 6) is 0.715. The van der Waals surface area contributed by atoms with Crippen LogP contribution in [0.4, 0.5) is 0 Å². The first-order valence-corrected chi connectivity index (χ1v) is 5.74. The average molecular weight is 200 g/mol. The summed E-state index contributed by atoms with van der Waals surface area (Å²) in [5, 5.41) is 0. The number of hydrogen-bond acceptors (Lipinski definition) is 3. The molecule has 1 saturated carbocycles. The first-order chi connectivity index (χ1) is 6.77. The molecule has 0 aliphatic heterocycles. The molecular formula is C11H24N2O. The van der Waals surface area contributed by atoms with Gasteiger partial charge in [-0.2, -0.15) is 0 Å². The molecule has 14 heavy (non-hydrogen) atoms. The van der Waals surface area contributed by atoms with E-state index in [2.05, 4.69) is 11.8 Å². The summed E-state index contributed by atoms with van der Waals surface area (Å²) in [4.78, 5) is 2.44. The zero-order chi connectivity index (χ0) is 10.4. The van der Waals surface area contributed by atoms with E-state index in [1.54, 1.807) is 7.11 Å². The zero-order valence-corrected chi connectivity index (χ0v) is 9.54. The van der Waals surface area contributed by atoms with Gasteiger partial charge in [0.2, 0.25) is 0 Å². The van der Waals surface area contributed by atoms with Crippen molar-refractivity contribution in [1.82, 2.24) is 4.90 Å². The number of rotatable bonds is 6. The van der Waals surface area contributed by atoms with Crippen molar-refractivity contribution in [3.05, 3.63) is 0 Å². The summed E-state index contributed by atoms with van der Waals surface area (Å²) < 4.78 is 5.09. The largest absolute Gasteiger partial charge is 0.383 e. The van der Waals surface area contributed by atoms with Gasteiger partial charge in [-0.3, -0.25) is 0 Å². The predicted molar refractivity (Wildman–Crippen MR) is 59.3 cm³/mol. The summed E-state index contributed by atoms with van der Waals surface area (Å²) in [6.45, 7) is 6.33. The molecule has 3 nitrogen and oxygen atoms in total. The van der Waals surface area contributed by atoms with Crippen LogP contribution >= 0.6 is 0 Å². The Hall–Kier alpha value is -0.120. The quantitative estimate of drug-likeness (QED) is 0.697. The number of nitrogens with zero attached hydrogens (tertiary/aromatic N) is 1. The molecule has 0 spiro atoms. The molecule has 0 aromatic heterocycles. The molecule has 84 valence electrons. The van der Waals surface area contributed by atoms with Crippen LogP contribution in [-0.4, -0.2) is 44.3 Å². The third-order valence-electron chi connectivity index (χ3n) is 3.27. The molecular weight excluding hydrogens is 176 g/mol. The summed E-state index contributed by atoms with van der Waals surface area (Å²) >= 11 is 0. The van der Waals surface area contributed by atoms with Crippen molar-refractivity contribution in [1.29, 1.82) is 0 Å². The Morgan fingerprint density at radius 3 is 2.71 bits per heavy atom. The van der Waals surface area contributed by atoms with Gasteiger partial charge in [0.25, 0.3) is 0 Å². The smallest absolute Gasteiger partial charge is 0.0589 e. The fourth-order valence-corrected chi connectivity index (χ4v) is 2.22. The van der Waals surface area contributed by atoms with Crippen LogP contribution in [0, 0.1) is 5.92 Å². The Kier molecular flexibility index (Phi) is 5.45. The topological polar surface area (TPSA) is 38.5 Å². The fourth-order valence-electron chi connectivity index (χ4n) is 2.22. The van der Waals surface area contributed by atoms with E-state index in [9.17, 15) is 0 Å². The maximum Gasteiger partial charge on any atom is 0.0589 e. The van der Waals surface area contributed by atoms with Gasteiger partial charge in [-0.05, 0) is 25.3 Å². The lowest BCUT2D eigenvalue weighted by atomic mass is 10.0. The molecule has 0 aromatic carbocycles. The number of nitrogens with two attached hydrogens (primary N) is 1. The van der Waals surface area contributed by atoms with Gasteiger partial charge < -0.3 is 15.4 Å². The minimum Gasteiger partial charge on any atom is -0.383 e.